The molecule has 4 heterocycles. The molecule has 0 radical (unpaired) electrons. The van der Waals surface area contributed by atoms with E-state index in [0.29, 0.717) is 0 Å². The summed E-state index contributed by atoms with van der Waals surface area (Å²) >= 11 is 0. The SMILES string of the molecule is CC(C)(C)c1ccc(N2c3cc(N(c4ccccc4)c4ccccc4)ccc3B3c4c(cc5c(oc6ccccc65)c42)-c2cccc4c5cc6ccccc6cc5n3c24)c(-c2ccccc2)c1. The topological polar surface area (TPSA) is 24.6 Å². The van der Waals surface area contributed by atoms with Gasteiger partial charge in [0.25, 0.3) is 0 Å². The molecule has 2 aliphatic heterocycles. The van der Waals surface area contributed by atoms with Gasteiger partial charge in [0.15, 0.2) is 5.58 Å². The summed E-state index contributed by atoms with van der Waals surface area (Å²) in [5.74, 6) is 0. The van der Waals surface area contributed by atoms with Crippen LogP contribution in [0.25, 0.3) is 76.8 Å². The Bertz CT molecular complexity index is 3940. The number of benzene rings is 10. The van der Waals surface area contributed by atoms with Gasteiger partial charge in [-0.1, -0.05) is 160 Å². The summed E-state index contributed by atoms with van der Waals surface area (Å²) in [6.07, 6.45) is 0. The Balaban J connectivity index is 1.17. The molecule has 0 N–H and O–H groups in total. The van der Waals surface area contributed by atoms with Gasteiger partial charge in [0.2, 0.25) is 0 Å². The Kier molecular flexibility index (Phi) is 8.01. The van der Waals surface area contributed by atoms with Crippen LogP contribution in [0.15, 0.2) is 217 Å². The highest BCUT2D eigenvalue weighted by molar-refractivity contribution is 6.90. The minimum absolute atomic E-state index is 0.0708. The quantitative estimate of drug-likeness (QED) is 0.161. The number of anilines is 6. The molecule has 0 spiro atoms. The van der Waals surface area contributed by atoms with E-state index in [1.807, 2.05) is 0 Å². The zero-order valence-electron chi connectivity index (χ0n) is 37.5. The minimum Gasteiger partial charge on any atom is -0.454 e. The summed E-state index contributed by atoms with van der Waals surface area (Å²) in [7, 11) is 0. The highest BCUT2D eigenvalue weighted by Crippen LogP contribution is 2.52. The van der Waals surface area contributed by atoms with Gasteiger partial charge < -0.3 is 18.7 Å². The van der Waals surface area contributed by atoms with Crippen LogP contribution < -0.4 is 20.7 Å². The summed E-state index contributed by atoms with van der Waals surface area (Å²) in [6.45, 7) is 6.75. The highest BCUT2D eigenvalue weighted by Gasteiger charge is 2.45. The lowest BCUT2D eigenvalue weighted by atomic mass is 9.45. The molecule has 0 bridgehead atoms. The highest BCUT2D eigenvalue weighted by atomic mass is 16.3. The fraction of sp³-hybridized carbons (Fsp3) is 0.0645. The number of hydrogen-bond acceptors (Lipinski definition) is 3. The van der Waals surface area contributed by atoms with E-state index in [2.05, 4.69) is 247 Å². The fourth-order valence-electron chi connectivity index (χ4n) is 11.4. The summed E-state index contributed by atoms with van der Waals surface area (Å²) in [6, 6.07) is 78.2. The van der Waals surface area contributed by atoms with Crippen LogP contribution in [0.3, 0.4) is 0 Å². The van der Waals surface area contributed by atoms with Crippen LogP contribution in [0.1, 0.15) is 26.3 Å². The van der Waals surface area contributed by atoms with Gasteiger partial charge in [0.05, 0.1) is 11.4 Å². The molecule has 5 heteroatoms. The predicted molar refractivity (Wildman–Crippen MR) is 284 cm³/mol. The van der Waals surface area contributed by atoms with Crippen LogP contribution in [0, 0.1) is 0 Å². The largest absolute Gasteiger partial charge is 0.454 e. The van der Waals surface area contributed by atoms with Gasteiger partial charge in [-0.15, -0.1) is 0 Å². The zero-order valence-corrected chi connectivity index (χ0v) is 37.5. The third-order valence-corrected chi connectivity index (χ3v) is 14.4. The van der Waals surface area contributed by atoms with Crippen molar-refractivity contribution >= 4 is 106 Å². The molecule has 14 rings (SSSR count). The molecule has 0 aliphatic carbocycles. The van der Waals surface area contributed by atoms with Crippen molar-refractivity contribution in [3.63, 3.8) is 0 Å². The summed E-state index contributed by atoms with van der Waals surface area (Å²) in [5.41, 5.74) is 19.3. The molecular weight excluding hydrogens is 814 g/mol. The van der Waals surface area contributed by atoms with Crippen molar-refractivity contribution in [2.75, 3.05) is 9.80 Å². The van der Waals surface area contributed by atoms with Gasteiger partial charge in [-0.2, -0.15) is 0 Å². The molecule has 0 saturated carbocycles. The van der Waals surface area contributed by atoms with Gasteiger partial charge in [0, 0.05) is 66.5 Å². The van der Waals surface area contributed by atoms with Gasteiger partial charge in [-0.3, -0.25) is 0 Å². The monoisotopic (exact) mass is 857 g/mol. The van der Waals surface area contributed by atoms with Gasteiger partial charge in [-0.25, -0.2) is 0 Å². The second-order valence-electron chi connectivity index (χ2n) is 19.3. The molecule has 4 nitrogen and oxygen atoms in total. The molecule has 316 valence electrons. The summed E-state index contributed by atoms with van der Waals surface area (Å²) in [5, 5.41) is 7.24. The van der Waals surface area contributed by atoms with Crippen LogP contribution >= 0.6 is 0 Å². The Morgan fingerprint density at radius 1 is 0.478 bits per heavy atom. The Hall–Kier alpha value is -8.28. The number of fused-ring (bicyclic) bond motifs is 12. The lowest BCUT2D eigenvalue weighted by Gasteiger charge is -2.41. The Morgan fingerprint density at radius 2 is 1.15 bits per heavy atom. The fourth-order valence-corrected chi connectivity index (χ4v) is 11.4. The molecule has 67 heavy (non-hydrogen) atoms. The smallest absolute Gasteiger partial charge is 0.333 e. The lowest BCUT2D eigenvalue weighted by molar-refractivity contribution is 0.590. The standard InChI is InChI=1S/C62H44BN3O/c1-62(2,3)42-30-33-54(49(36-42)39-18-7-4-8-19-39)65-56-37-45(64(43-22-9-5-10-23-43)44-24-11-6-12-25-44)31-32-53(56)63-58-51(38-52-46-26-15-16-29-57(46)67-61(52)60(58)65)48-28-17-27-47-50-34-40-20-13-14-21-41(40)35-55(50)66(63)59(47)48/h4-38H,1-3H3. The second kappa shape index (κ2) is 14.1. The molecular formula is C62H44BN3O. The molecule has 0 saturated heterocycles. The third-order valence-electron chi connectivity index (χ3n) is 14.4. The van der Waals surface area contributed by atoms with Crippen molar-refractivity contribution in [1.82, 2.24) is 4.48 Å². The van der Waals surface area contributed by atoms with Crippen molar-refractivity contribution in [3.8, 4) is 22.3 Å². The van der Waals surface area contributed by atoms with Gasteiger partial charge in [0.1, 0.15) is 5.58 Å². The van der Waals surface area contributed by atoms with Crippen molar-refractivity contribution in [1.29, 1.82) is 0 Å². The van der Waals surface area contributed by atoms with Crippen LogP contribution in [0.4, 0.5) is 34.1 Å². The molecule has 0 amide bonds. The average molecular weight is 858 g/mol. The molecule has 10 aromatic carbocycles. The number of nitrogens with zero attached hydrogens (tertiary/aromatic N) is 3. The third kappa shape index (κ3) is 5.55. The van der Waals surface area contributed by atoms with Gasteiger partial charge in [-0.05, 0) is 117 Å². The normalized spacial score (nSPS) is 12.9. The molecule has 0 unspecified atom stereocenters. The predicted octanol–water partition coefficient (Wildman–Crippen LogP) is 15.7. The summed E-state index contributed by atoms with van der Waals surface area (Å²) in [4.78, 5) is 4.95. The molecule has 12 aromatic rings. The first kappa shape index (κ1) is 38.0. The van der Waals surface area contributed by atoms with Crippen molar-refractivity contribution < 1.29 is 4.42 Å². The van der Waals surface area contributed by atoms with Crippen molar-refractivity contribution in [2.45, 2.75) is 26.2 Å². The maximum Gasteiger partial charge on any atom is 0.333 e. The average Bonchev–Trinajstić information content (AvgIpc) is 3.90. The van der Waals surface area contributed by atoms with E-state index in [1.165, 1.54) is 71.3 Å². The van der Waals surface area contributed by atoms with E-state index in [1.54, 1.807) is 0 Å². The van der Waals surface area contributed by atoms with Crippen LogP contribution in [0.5, 0.6) is 0 Å². The van der Waals surface area contributed by atoms with E-state index in [9.17, 15) is 0 Å². The van der Waals surface area contributed by atoms with E-state index >= 15 is 0 Å². The van der Waals surface area contributed by atoms with E-state index in [-0.39, 0.29) is 12.3 Å². The van der Waals surface area contributed by atoms with Gasteiger partial charge >= 0.3 is 6.85 Å². The first-order valence-corrected chi connectivity index (χ1v) is 23.4. The number of furan rings is 1. The Labute approximate surface area is 389 Å². The molecule has 2 aliphatic rings. The maximum atomic E-state index is 7.26. The Morgan fingerprint density at radius 3 is 1.90 bits per heavy atom. The zero-order chi connectivity index (χ0) is 44.5. The minimum atomic E-state index is -0.171. The summed E-state index contributed by atoms with van der Waals surface area (Å²) < 4.78 is 9.92. The van der Waals surface area contributed by atoms with Crippen molar-refractivity contribution in [3.05, 3.63) is 218 Å². The van der Waals surface area contributed by atoms with E-state index in [0.717, 1.165) is 56.1 Å². The first-order valence-electron chi connectivity index (χ1n) is 23.4. The number of rotatable bonds is 5. The number of para-hydroxylation sites is 4. The second-order valence-corrected chi connectivity index (χ2v) is 19.3. The molecule has 0 atom stereocenters. The number of aromatic nitrogens is 1. The van der Waals surface area contributed by atoms with Crippen LogP contribution in [-0.4, -0.2) is 11.3 Å². The van der Waals surface area contributed by atoms with E-state index < -0.39 is 0 Å². The molecule has 0 fully saturated rings. The van der Waals surface area contributed by atoms with Crippen LogP contribution in [-0.2, 0) is 5.41 Å². The van der Waals surface area contributed by atoms with Crippen LogP contribution in [0.2, 0.25) is 0 Å². The van der Waals surface area contributed by atoms with Crippen molar-refractivity contribution in [2.24, 2.45) is 0 Å². The maximum absolute atomic E-state index is 7.26. The number of hydrogen-bond donors (Lipinski definition) is 0. The first-order chi connectivity index (χ1) is 32.9. The lowest BCUT2D eigenvalue weighted by Crippen LogP contribution is -2.56. The molecule has 2 aromatic heterocycles. The van der Waals surface area contributed by atoms with E-state index in [4.69, 9.17) is 4.42 Å².